The van der Waals surface area contributed by atoms with E-state index in [1.165, 1.54) is 0 Å². The van der Waals surface area contributed by atoms with Crippen LogP contribution in [0.4, 0.5) is 0 Å². The maximum atomic E-state index is 12.0. The summed E-state index contributed by atoms with van der Waals surface area (Å²) in [4.78, 5) is 24.0. The summed E-state index contributed by atoms with van der Waals surface area (Å²) in [5.41, 5.74) is -1.18. The van der Waals surface area contributed by atoms with Gasteiger partial charge in [-0.1, -0.05) is 26.7 Å². The lowest BCUT2D eigenvalue weighted by Gasteiger charge is -2.27. The number of rotatable bonds is 8. The van der Waals surface area contributed by atoms with Crippen molar-refractivity contribution in [3.05, 3.63) is 0 Å². The molecule has 0 rings (SSSR count). The maximum absolute atomic E-state index is 12.0. The van der Waals surface area contributed by atoms with E-state index in [2.05, 4.69) is 6.92 Å². The predicted octanol–water partition coefficient (Wildman–Crippen LogP) is 2.95. The number of carbonyl (C=O) groups excluding carboxylic acids is 2. The minimum absolute atomic E-state index is 0.274. The topological polar surface area (TPSA) is 52.6 Å². The average molecular weight is 258 g/mol. The van der Waals surface area contributed by atoms with Crippen LogP contribution < -0.4 is 0 Å². The maximum Gasteiger partial charge on any atom is 0.323 e. The van der Waals surface area contributed by atoms with Crippen molar-refractivity contribution < 1.29 is 19.1 Å². The number of hydrogen-bond donors (Lipinski definition) is 0. The molecule has 0 fully saturated rings. The van der Waals surface area contributed by atoms with E-state index in [1.54, 1.807) is 20.8 Å². The molecule has 0 aliphatic carbocycles. The van der Waals surface area contributed by atoms with Crippen molar-refractivity contribution >= 4 is 11.9 Å². The molecule has 1 atom stereocenters. The molecule has 0 aliphatic heterocycles. The second-order valence-electron chi connectivity index (χ2n) is 4.87. The van der Waals surface area contributed by atoms with Crippen molar-refractivity contribution in [3.63, 3.8) is 0 Å². The van der Waals surface area contributed by atoms with Crippen molar-refractivity contribution in [1.82, 2.24) is 0 Å². The van der Waals surface area contributed by atoms with Gasteiger partial charge in [-0.2, -0.15) is 0 Å². The van der Waals surface area contributed by atoms with E-state index in [1.807, 2.05) is 6.92 Å². The van der Waals surface area contributed by atoms with E-state index >= 15 is 0 Å². The predicted molar refractivity (Wildman–Crippen MR) is 70.1 cm³/mol. The first kappa shape index (κ1) is 16.9. The molecule has 0 unspecified atom stereocenters. The van der Waals surface area contributed by atoms with Crippen molar-refractivity contribution in [1.29, 1.82) is 0 Å². The summed E-state index contributed by atoms with van der Waals surface area (Å²) in [6.07, 6.45) is 2.48. The standard InChI is InChI=1S/C14H26O4/c1-6-9-11(4)10-14(5,12(15)17-7-2)13(16)18-8-3/h11H,6-10H2,1-5H3/t11-/m0/s1. The molecule has 0 spiro atoms. The van der Waals surface area contributed by atoms with Gasteiger partial charge in [0, 0.05) is 0 Å². The molecule has 0 aromatic carbocycles. The van der Waals surface area contributed by atoms with Gasteiger partial charge in [-0.05, 0) is 33.1 Å². The Bertz CT molecular complexity index is 255. The van der Waals surface area contributed by atoms with Crippen LogP contribution in [0.15, 0.2) is 0 Å². The summed E-state index contributed by atoms with van der Waals surface area (Å²) >= 11 is 0. The Hall–Kier alpha value is -1.06. The van der Waals surface area contributed by atoms with E-state index in [0.717, 1.165) is 12.8 Å². The summed E-state index contributed by atoms with van der Waals surface area (Å²) in [6, 6.07) is 0. The van der Waals surface area contributed by atoms with Gasteiger partial charge in [0.2, 0.25) is 0 Å². The zero-order chi connectivity index (χ0) is 14.2. The van der Waals surface area contributed by atoms with E-state index in [-0.39, 0.29) is 19.1 Å². The Kier molecular flexibility index (Phi) is 7.64. The third-order valence-electron chi connectivity index (χ3n) is 2.99. The number of hydrogen-bond acceptors (Lipinski definition) is 4. The number of ether oxygens (including phenoxy) is 2. The number of esters is 2. The molecule has 18 heavy (non-hydrogen) atoms. The Morgan fingerprint density at radius 3 is 1.83 bits per heavy atom. The summed E-state index contributed by atoms with van der Waals surface area (Å²) in [6.45, 7) is 9.77. The fraction of sp³-hybridized carbons (Fsp3) is 0.857. The average Bonchev–Trinajstić information content (AvgIpc) is 2.29. The molecule has 0 radical (unpaired) electrons. The van der Waals surface area contributed by atoms with Crippen molar-refractivity contribution in [2.75, 3.05) is 13.2 Å². The highest BCUT2D eigenvalue weighted by molar-refractivity contribution is 5.99. The molecule has 0 N–H and O–H groups in total. The van der Waals surface area contributed by atoms with Crippen LogP contribution in [-0.2, 0) is 19.1 Å². The molecule has 0 aromatic rings. The molecule has 0 heterocycles. The van der Waals surface area contributed by atoms with Gasteiger partial charge in [-0.3, -0.25) is 9.59 Å². The molecule has 0 aromatic heterocycles. The van der Waals surface area contributed by atoms with Gasteiger partial charge in [-0.25, -0.2) is 0 Å². The van der Waals surface area contributed by atoms with Gasteiger partial charge in [0.15, 0.2) is 5.41 Å². The van der Waals surface area contributed by atoms with Crippen LogP contribution in [0.3, 0.4) is 0 Å². The summed E-state index contributed by atoms with van der Waals surface area (Å²) in [7, 11) is 0. The Labute approximate surface area is 110 Å². The van der Waals surface area contributed by atoms with Crippen molar-refractivity contribution in [2.45, 2.75) is 53.9 Å². The molecule has 4 nitrogen and oxygen atoms in total. The fourth-order valence-electron chi connectivity index (χ4n) is 2.12. The summed E-state index contributed by atoms with van der Waals surface area (Å²) < 4.78 is 10.0. The Morgan fingerprint density at radius 2 is 1.50 bits per heavy atom. The minimum Gasteiger partial charge on any atom is -0.465 e. The van der Waals surface area contributed by atoms with Crippen molar-refractivity contribution in [3.8, 4) is 0 Å². The van der Waals surface area contributed by atoms with Gasteiger partial charge < -0.3 is 9.47 Å². The van der Waals surface area contributed by atoms with E-state index < -0.39 is 17.4 Å². The fourth-order valence-corrected chi connectivity index (χ4v) is 2.12. The molecular weight excluding hydrogens is 232 g/mol. The second-order valence-corrected chi connectivity index (χ2v) is 4.87. The van der Waals surface area contributed by atoms with Gasteiger partial charge in [-0.15, -0.1) is 0 Å². The molecule has 0 saturated carbocycles. The lowest BCUT2D eigenvalue weighted by molar-refractivity contribution is -0.172. The highest BCUT2D eigenvalue weighted by Crippen LogP contribution is 2.31. The van der Waals surface area contributed by atoms with Crippen LogP contribution in [0, 0.1) is 11.3 Å². The SMILES string of the molecule is CCC[C@H](C)CC(C)(C(=O)OCC)C(=O)OCC. The first-order chi connectivity index (χ1) is 8.42. The Balaban J connectivity index is 4.90. The van der Waals surface area contributed by atoms with Gasteiger partial charge in [0.1, 0.15) is 0 Å². The third-order valence-corrected chi connectivity index (χ3v) is 2.99. The molecule has 106 valence electrons. The van der Waals surface area contributed by atoms with Crippen molar-refractivity contribution in [2.24, 2.45) is 11.3 Å². The first-order valence-corrected chi connectivity index (χ1v) is 6.76. The van der Waals surface area contributed by atoms with E-state index in [9.17, 15) is 9.59 Å². The monoisotopic (exact) mass is 258 g/mol. The van der Waals surface area contributed by atoms with Gasteiger partial charge >= 0.3 is 11.9 Å². The molecule has 0 bridgehead atoms. The van der Waals surface area contributed by atoms with Crippen LogP contribution in [0.25, 0.3) is 0 Å². The van der Waals surface area contributed by atoms with E-state index in [4.69, 9.17) is 9.47 Å². The molecule has 0 amide bonds. The highest BCUT2D eigenvalue weighted by Gasteiger charge is 2.44. The summed E-state index contributed by atoms with van der Waals surface area (Å²) in [5.74, 6) is -0.674. The van der Waals surface area contributed by atoms with Crippen LogP contribution in [0.1, 0.15) is 53.9 Å². The molecule has 0 aliphatic rings. The van der Waals surface area contributed by atoms with E-state index in [0.29, 0.717) is 6.42 Å². The molecule has 0 saturated heterocycles. The largest absolute Gasteiger partial charge is 0.465 e. The Morgan fingerprint density at radius 1 is 1.06 bits per heavy atom. The smallest absolute Gasteiger partial charge is 0.323 e. The van der Waals surface area contributed by atoms with Crippen LogP contribution in [0.2, 0.25) is 0 Å². The second kappa shape index (κ2) is 8.11. The van der Waals surface area contributed by atoms with Gasteiger partial charge in [0.25, 0.3) is 0 Å². The van der Waals surface area contributed by atoms with Crippen LogP contribution in [0.5, 0.6) is 0 Å². The van der Waals surface area contributed by atoms with Gasteiger partial charge in [0.05, 0.1) is 13.2 Å². The summed E-state index contributed by atoms with van der Waals surface area (Å²) in [5, 5.41) is 0. The zero-order valence-electron chi connectivity index (χ0n) is 12.2. The quantitative estimate of drug-likeness (QED) is 0.496. The lowest BCUT2D eigenvalue weighted by atomic mass is 9.80. The minimum atomic E-state index is -1.18. The number of carbonyl (C=O) groups is 2. The first-order valence-electron chi connectivity index (χ1n) is 6.76. The normalized spacial score (nSPS) is 12.9. The highest BCUT2D eigenvalue weighted by atomic mass is 16.6. The molecule has 4 heteroatoms. The lowest BCUT2D eigenvalue weighted by Crippen LogP contribution is -2.40. The third kappa shape index (κ3) is 4.67. The molecular formula is C14H26O4. The van der Waals surface area contributed by atoms with Crippen LogP contribution >= 0.6 is 0 Å². The van der Waals surface area contributed by atoms with Crippen LogP contribution in [-0.4, -0.2) is 25.2 Å². The zero-order valence-corrected chi connectivity index (χ0v) is 12.2.